The number of nitrogens with one attached hydrogen (secondary N) is 2. The highest BCUT2D eigenvalue weighted by Crippen LogP contribution is 2.34. The van der Waals surface area contributed by atoms with E-state index >= 15 is 0 Å². The maximum Gasteiger partial charge on any atom is 0.224 e. The second-order valence-corrected chi connectivity index (χ2v) is 4.91. The standard InChI is InChI=1S/C11H18N2O2/c14-11(7-3-4-12-6-7)13-9-5-8-1-2-10(9)15-8/h7-10,12H,1-6H2,(H,13,14)/t7-,8+,9+,10-/m0/s1. The molecule has 0 aliphatic carbocycles. The lowest BCUT2D eigenvalue weighted by Crippen LogP contribution is -2.44. The van der Waals surface area contributed by atoms with E-state index in [9.17, 15) is 4.79 Å². The Balaban J connectivity index is 1.54. The summed E-state index contributed by atoms with van der Waals surface area (Å²) in [7, 11) is 0. The van der Waals surface area contributed by atoms with Crippen molar-refractivity contribution in [2.45, 2.75) is 43.9 Å². The molecule has 84 valence electrons. The van der Waals surface area contributed by atoms with Crippen molar-refractivity contribution in [3.8, 4) is 0 Å². The van der Waals surface area contributed by atoms with E-state index < -0.39 is 0 Å². The van der Waals surface area contributed by atoms with E-state index in [1.165, 1.54) is 6.42 Å². The quantitative estimate of drug-likeness (QED) is 0.676. The molecule has 4 nitrogen and oxygen atoms in total. The van der Waals surface area contributed by atoms with Gasteiger partial charge in [0.1, 0.15) is 0 Å². The van der Waals surface area contributed by atoms with Crippen LogP contribution in [0.4, 0.5) is 0 Å². The number of fused-ring (bicyclic) bond motifs is 2. The molecular weight excluding hydrogens is 192 g/mol. The smallest absolute Gasteiger partial charge is 0.224 e. The van der Waals surface area contributed by atoms with Crippen molar-refractivity contribution in [2.75, 3.05) is 13.1 Å². The van der Waals surface area contributed by atoms with Gasteiger partial charge in [-0.2, -0.15) is 0 Å². The molecule has 4 atom stereocenters. The van der Waals surface area contributed by atoms with Gasteiger partial charge < -0.3 is 15.4 Å². The monoisotopic (exact) mass is 210 g/mol. The van der Waals surface area contributed by atoms with Gasteiger partial charge in [-0.05, 0) is 32.2 Å². The third-order valence-electron chi connectivity index (χ3n) is 3.86. The SMILES string of the molecule is O=C(N[C@@H]1C[C@H]2CC[C@@H]1O2)[C@H]1CCNC1. The Labute approximate surface area is 89.7 Å². The van der Waals surface area contributed by atoms with Crippen molar-refractivity contribution < 1.29 is 9.53 Å². The van der Waals surface area contributed by atoms with Crippen molar-refractivity contribution in [1.82, 2.24) is 10.6 Å². The number of rotatable bonds is 2. The van der Waals surface area contributed by atoms with Crippen molar-refractivity contribution in [3.63, 3.8) is 0 Å². The summed E-state index contributed by atoms with van der Waals surface area (Å²) in [5.74, 6) is 0.408. The maximum absolute atomic E-state index is 11.9. The summed E-state index contributed by atoms with van der Waals surface area (Å²) in [4.78, 5) is 11.9. The first kappa shape index (κ1) is 9.60. The van der Waals surface area contributed by atoms with Crippen LogP contribution in [0.1, 0.15) is 25.7 Å². The summed E-state index contributed by atoms with van der Waals surface area (Å²) >= 11 is 0. The average molecular weight is 210 g/mol. The molecule has 3 saturated heterocycles. The third-order valence-corrected chi connectivity index (χ3v) is 3.86. The summed E-state index contributed by atoms with van der Waals surface area (Å²) in [6, 6.07) is 0.289. The van der Waals surface area contributed by atoms with E-state index in [2.05, 4.69) is 10.6 Å². The number of carbonyl (C=O) groups excluding carboxylic acids is 1. The van der Waals surface area contributed by atoms with Crippen LogP contribution in [-0.2, 0) is 9.53 Å². The Hall–Kier alpha value is -0.610. The lowest BCUT2D eigenvalue weighted by Gasteiger charge is -2.21. The molecule has 0 spiro atoms. The fourth-order valence-electron chi connectivity index (χ4n) is 2.97. The van der Waals surface area contributed by atoms with Crippen molar-refractivity contribution in [3.05, 3.63) is 0 Å². The zero-order valence-electron chi connectivity index (χ0n) is 8.87. The van der Waals surface area contributed by atoms with Gasteiger partial charge in [-0.25, -0.2) is 0 Å². The van der Waals surface area contributed by atoms with Gasteiger partial charge in [0.2, 0.25) is 5.91 Å². The number of hydrogen-bond acceptors (Lipinski definition) is 3. The van der Waals surface area contributed by atoms with E-state index in [0.29, 0.717) is 12.2 Å². The van der Waals surface area contributed by atoms with Crippen LogP contribution in [0.5, 0.6) is 0 Å². The first-order chi connectivity index (χ1) is 7.33. The molecule has 0 radical (unpaired) electrons. The molecule has 3 fully saturated rings. The van der Waals surface area contributed by atoms with Crippen molar-refractivity contribution >= 4 is 5.91 Å². The fraction of sp³-hybridized carbons (Fsp3) is 0.909. The van der Waals surface area contributed by atoms with Crippen LogP contribution in [0.3, 0.4) is 0 Å². The molecule has 3 aliphatic heterocycles. The van der Waals surface area contributed by atoms with Crippen LogP contribution >= 0.6 is 0 Å². The number of carbonyl (C=O) groups is 1. The molecular formula is C11H18N2O2. The topological polar surface area (TPSA) is 50.4 Å². The Morgan fingerprint density at radius 2 is 2.27 bits per heavy atom. The molecule has 0 saturated carbocycles. The predicted molar refractivity (Wildman–Crippen MR) is 55.4 cm³/mol. The average Bonchev–Trinajstić information content (AvgIpc) is 2.95. The van der Waals surface area contributed by atoms with Gasteiger partial charge >= 0.3 is 0 Å². The van der Waals surface area contributed by atoms with Gasteiger partial charge in [-0.15, -0.1) is 0 Å². The third kappa shape index (κ3) is 1.76. The van der Waals surface area contributed by atoms with Crippen LogP contribution < -0.4 is 10.6 Å². The molecule has 0 aromatic heterocycles. The van der Waals surface area contributed by atoms with Crippen molar-refractivity contribution in [2.24, 2.45) is 5.92 Å². The van der Waals surface area contributed by atoms with Crippen LogP contribution in [-0.4, -0.2) is 37.2 Å². The first-order valence-electron chi connectivity index (χ1n) is 5.99. The molecule has 3 heterocycles. The van der Waals surface area contributed by atoms with Crippen LogP contribution in [0.15, 0.2) is 0 Å². The normalized spacial score (nSPS) is 43.5. The molecule has 0 aromatic rings. The molecule has 1 amide bonds. The Kier molecular flexibility index (Phi) is 2.41. The Bertz CT molecular complexity index is 263. The zero-order valence-corrected chi connectivity index (χ0v) is 8.87. The fourth-order valence-corrected chi connectivity index (χ4v) is 2.97. The van der Waals surface area contributed by atoms with Gasteiger partial charge in [-0.1, -0.05) is 0 Å². The molecule has 4 heteroatoms. The van der Waals surface area contributed by atoms with E-state index in [-0.39, 0.29) is 17.9 Å². The molecule has 0 unspecified atom stereocenters. The first-order valence-corrected chi connectivity index (χ1v) is 5.99. The second kappa shape index (κ2) is 3.76. The predicted octanol–water partition coefficient (Wildman–Crippen LogP) is 0.0320. The number of amides is 1. The van der Waals surface area contributed by atoms with E-state index in [1.807, 2.05) is 0 Å². The summed E-state index contributed by atoms with van der Waals surface area (Å²) in [5, 5.41) is 6.37. The molecule has 3 aliphatic rings. The molecule has 15 heavy (non-hydrogen) atoms. The van der Waals surface area contributed by atoms with Crippen LogP contribution in [0.2, 0.25) is 0 Å². The minimum atomic E-state index is 0.184. The highest BCUT2D eigenvalue weighted by atomic mass is 16.5. The Morgan fingerprint density at radius 3 is 2.87 bits per heavy atom. The lowest BCUT2D eigenvalue weighted by atomic mass is 9.95. The van der Waals surface area contributed by atoms with Gasteiger partial charge in [0.25, 0.3) is 0 Å². The van der Waals surface area contributed by atoms with Gasteiger partial charge in [0, 0.05) is 6.54 Å². The molecule has 3 rings (SSSR count). The van der Waals surface area contributed by atoms with Crippen LogP contribution in [0, 0.1) is 5.92 Å². The van der Waals surface area contributed by atoms with Gasteiger partial charge in [0.05, 0.1) is 24.2 Å². The van der Waals surface area contributed by atoms with E-state index in [4.69, 9.17) is 4.74 Å². The summed E-state index contributed by atoms with van der Waals surface area (Å²) in [6.45, 7) is 1.82. The van der Waals surface area contributed by atoms with Gasteiger partial charge in [0.15, 0.2) is 0 Å². The second-order valence-electron chi connectivity index (χ2n) is 4.91. The van der Waals surface area contributed by atoms with Crippen LogP contribution in [0.25, 0.3) is 0 Å². The number of hydrogen-bond donors (Lipinski definition) is 2. The van der Waals surface area contributed by atoms with E-state index in [1.54, 1.807) is 0 Å². The Morgan fingerprint density at radius 1 is 1.33 bits per heavy atom. The molecule has 2 N–H and O–H groups in total. The minimum absolute atomic E-state index is 0.184. The summed E-state index contributed by atoms with van der Waals surface area (Å²) < 4.78 is 5.72. The van der Waals surface area contributed by atoms with Crippen molar-refractivity contribution in [1.29, 1.82) is 0 Å². The highest BCUT2D eigenvalue weighted by molar-refractivity contribution is 5.79. The molecule has 0 aromatic carbocycles. The zero-order chi connectivity index (χ0) is 10.3. The minimum Gasteiger partial charge on any atom is -0.373 e. The lowest BCUT2D eigenvalue weighted by molar-refractivity contribution is -0.125. The van der Waals surface area contributed by atoms with Gasteiger partial charge in [-0.3, -0.25) is 4.79 Å². The largest absolute Gasteiger partial charge is 0.373 e. The summed E-state index contributed by atoms with van der Waals surface area (Å²) in [6.07, 6.45) is 5.03. The number of ether oxygens (including phenoxy) is 1. The van der Waals surface area contributed by atoms with E-state index in [0.717, 1.165) is 32.4 Å². The summed E-state index contributed by atoms with van der Waals surface area (Å²) in [5.41, 5.74) is 0. The molecule has 2 bridgehead atoms. The highest BCUT2D eigenvalue weighted by Gasteiger charge is 2.42. The maximum atomic E-state index is 11.9.